The number of guanidine groups is 1. The first kappa shape index (κ1) is 20.0. The third-order valence-corrected chi connectivity index (χ3v) is 5.54. The Morgan fingerprint density at radius 3 is 2.63 bits per heavy atom. The zero-order valence-corrected chi connectivity index (χ0v) is 17.1. The molecule has 1 heterocycles. The fraction of sp³-hybridized carbons (Fsp3) is 0.667. The van der Waals surface area contributed by atoms with Crippen LogP contribution < -0.4 is 15.4 Å². The number of benzene rings is 1. The van der Waals surface area contributed by atoms with Crippen LogP contribution in [0.5, 0.6) is 5.75 Å². The molecule has 27 heavy (non-hydrogen) atoms. The Bertz CT molecular complexity index is 608. The Morgan fingerprint density at radius 2 is 1.93 bits per heavy atom. The topological polar surface area (TPSA) is 52.1 Å². The molecule has 1 aromatic rings. The average Bonchev–Trinajstić information content (AvgIpc) is 3.52. The highest BCUT2D eigenvalue weighted by molar-refractivity contribution is 5.79. The van der Waals surface area contributed by atoms with Gasteiger partial charge < -0.3 is 20.3 Å². The molecule has 6 nitrogen and oxygen atoms in total. The molecule has 150 valence electrons. The highest BCUT2D eigenvalue weighted by atomic mass is 16.5. The summed E-state index contributed by atoms with van der Waals surface area (Å²) in [5.41, 5.74) is 1.17. The summed E-state index contributed by atoms with van der Waals surface area (Å²) in [6.07, 6.45) is 2.62. The van der Waals surface area contributed by atoms with E-state index >= 15 is 0 Å². The first-order valence-corrected chi connectivity index (χ1v) is 10.2. The van der Waals surface area contributed by atoms with Gasteiger partial charge in [-0.05, 0) is 38.8 Å². The van der Waals surface area contributed by atoms with Crippen molar-refractivity contribution >= 4 is 5.96 Å². The second-order valence-electron chi connectivity index (χ2n) is 7.86. The Kier molecular flexibility index (Phi) is 7.35. The fourth-order valence-electron chi connectivity index (χ4n) is 3.32. The average molecular weight is 374 g/mol. The van der Waals surface area contributed by atoms with E-state index in [1.165, 1.54) is 18.4 Å². The molecule has 6 heteroatoms. The summed E-state index contributed by atoms with van der Waals surface area (Å²) in [5.74, 6) is 2.59. The van der Waals surface area contributed by atoms with Gasteiger partial charge in [0.2, 0.25) is 0 Å². The minimum absolute atomic E-state index is 0.492. The molecule has 0 spiro atoms. The van der Waals surface area contributed by atoms with Crippen LogP contribution in [-0.2, 0) is 6.54 Å². The van der Waals surface area contributed by atoms with Gasteiger partial charge in [0.25, 0.3) is 0 Å². The third kappa shape index (κ3) is 6.40. The molecule has 1 saturated carbocycles. The van der Waals surface area contributed by atoms with Gasteiger partial charge in [-0.1, -0.05) is 18.2 Å². The summed E-state index contributed by atoms with van der Waals surface area (Å²) in [7, 11) is 4.02. The van der Waals surface area contributed by atoms with Crippen molar-refractivity contribution in [1.29, 1.82) is 0 Å². The van der Waals surface area contributed by atoms with Crippen LogP contribution in [0, 0.1) is 5.92 Å². The minimum atomic E-state index is 0.492. The fourth-order valence-corrected chi connectivity index (χ4v) is 3.32. The standard InChI is InChI=1S/C21H35N5O/c1-17(26-12-10-25(3)11-13-26)14-23-21(22-2)24-15-19-6-4-5-7-20(19)27-16-18-8-9-18/h4-7,17-18H,8-16H2,1-3H3,(H2,22,23,24). The van der Waals surface area contributed by atoms with E-state index in [0.717, 1.165) is 57.0 Å². The number of nitrogens with one attached hydrogen (secondary N) is 2. The van der Waals surface area contributed by atoms with E-state index in [9.17, 15) is 0 Å². The van der Waals surface area contributed by atoms with Crippen LogP contribution in [-0.4, -0.2) is 75.2 Å². The van der Waals surface area contributed by atoms with Crippen molar-refractivity contribution in [1.82, 2.24) is 20.4 Å². The van der Waals surface area contributed by atoms with Gasteiger partial charge in [0, 0.05) is 57.9 Å². The van der Waals surface area contributed by atoms with Crippen molar-refractivity contribution < 1.29 is 4.74 Å². The highest BCUT2D eigenvalue weighted by Crippen LogP contribution is 2.30. The lowest BCUT2D eigenvalue weighted by atomic mass is 10.2. The first-order valence-electron chi connectivity index (χ1n) is 10.2. The van der Waals surface area contributed by atoms with Gasteiger partial charge in [0.1, 0.15) is 5.75 Å². The van der Waals surface area contributed by atoms with Crippen LogP contribution in [0.4, 0.5) is 0 Å². The predicted octanol–water partition coefficient (Wildman–Crippen LogP) is 1.78. The van der Waals surface area contributed by atoms with Crippen molar-refractivity contribution in [3.8, 4) is 5.75 Å². The van der Waals surface area contributed by atoms with Crippen LogP contribution >= 0.6 is 0 Å². The van der Waals surface area contributed by atoms with E-state index in [1.807, 2.05) is 13.1 Å². The third-order valence-electron chi connectivity index (χ3n) is 5.54. The van der Waals surface area contributed by atoms with Crippen molar-refractivity contribution in [2.24, 2.45) is 10.9 Å². The van der Waals surface area contributed by atoms with Crippen molar-refractivity contribution in [3.05, 3.63) is 29.8 Å². The van der Waals surface area contributed by atoms with Gasteiger partial charge in [0.05, 0.1) is 6.61 Å². The lowest BCUT2D eigenvalue weighted by molar-refractivity contribution is 0.120. The normalized spacial score (nSPS) is 20.3. The second kappa shape index (κ2) is 9.95. The summed E-state index contributed by atoms with van der Waals surface area (Å²) in [5, 5.41) is 6.90. The molecule has 0 aromatic heterocycles. The molecule has 2 aliphatic rings. The second-order valence-corrected chi connectivity index (χ2v) is 7.86. The summed E-state index contributed by atoms with van der Waals surface area (Å²) in [4.78, 5) is 9.30. The van der Waals surface area contributed by atoms with Crippen LogP contribution in [0.1, 0.15) is 25.3 Å². The molecule has 1 aliphatic carbocycles. The Labute approximate surface area is 164 Å². The molecule has 1 saturated heterocycles. The predicted molar refractivity (Wildman–Crippen MR) is 111 cm³/mol. The molecule has 2 N–H and O–H groups in total. The quantitative estimate of drug-likeness (QED) is 0.537. The van der Waals surface area contributed by atoms with Crippen molar-refractivity contribution in [3.63, 3.8) is 0 Å². The molecule has 3 rings (SSSR count). The largest absolute Gasteiger partial charge is 0.493 e. The maximum atomic E-state index is 6.00. The number of rotatable bonds is 8. The van der Waals surface area contributed by atoms with Crippen LogP contribution in [0.15, 0.2) is 29.3 Å². The first-order chi connectivity index (χ1) is 13.2. The molecule has 1 aromatic carbocycles. The number of piperazine rings is 1. The molecule has 2 fully saturated rings. The number of hydrogen-bond donors (Lipinski definition) is 2. The zero-order chi connectivity index (χ0) is 19.1. The molecule has 0 radical (unpaired) electrons. The van der Waals surface area contributed by atoms with E-state index in [2.05, 4.69) is 57.6 Å². The molecule has 0 bridgehead atoms. The van der Waals surface area contributed by atoms with Gasteiger partial charge in [-0.3, -0.25) is 9.89 Å². The summed E-state index contributed by atoms with van der Waals surface area (Å²) in [6, 6.07) is 8.77. The summed E-state index contributed by atoms with van der Waals surface area (Å²) >= 11 is 0. The van der Waals surface area contributed by atoms with Gasteiger partial charge in [-0.25, -0.2) is 0 Å². The number of aliphatic imine (C=N–C) groups is 1. The number of nitrogens with zero attached hydrogens (tertiary/aromatic N) is 3. The van der Waals surface area contributed by atoms with E-state index in [0.29, 0.717) is 12.6 Å². The van der Waals surface area contributed by atoms with Crippen molar-refractivity contribution in [2.45, 2.75) is 32.4 Å². The number of hydrogen-bond acceptors (Lipinski definition) is 4. The molecular formula is C21H35N5O. The smallest absolute Gasteiger partial charge is 0.191 e. The lowest BCUT2D eigenvalue weighted by Crippen LogP contribution is -2.52. The van der Waals surface area contributed by atoms with E-state index in [-0.39, 0.29) is 0 Å². The van der Waals surface area contributed by atoms with Crippen LogP contribution in [0.25, 0.3) is 0 Å². The molecule has 0 amide bonds. The number of likely N-dealkylation sites (N-methyl/N-ethyl adjacent to an activating group) is 1. The molecule has 1 unspecified atom stereocenters. The summed E-state index contributed by atoms with van der Waals surface area (Å²) < 4.78 is 6.00. The molecular weight excluding hydrogens is 338 g/mol. The van der Waals surface area contributed by atoms with E-state index in [1.54, 1.807) is 0 Å². The lowest BCUT2D eigenvalue weighted by Gasteiger charge is -2.36. The Hall–Kier alpha value is -1.79. The Morgan fingerprint density at radius 1 is 1.19 bits per heavy atom. The van der Waals surface area contributed by atoms with Gasteiger partial charge >= 0.3 is 0 Å². The van der Waals surface area contributed by atoms with Gasteiger partial charge in [-0.2, -0.15) is 0 Å². The van der Waals surface area contributed by atoms with Crippen molar-refractivity contribution in [2.75, 3.05) is 53.4 Å². The molecule has 1 atom stereocenters. The monoisotopic (exact) mass is 373 g/mol. The number of para-hydroxylation sites is 1. The van der Waals surface area contributed by atoms with Gasteiger partial charge in [-0.15, -0.1) is 0 Å². The summed E-state index contributed by atoms with van der Waals surface area (Å²) in [6.45, 7) is 9.30. The molecule has 1 aliphatic heterocycles. The zero-order valence-electron chi connectivity index (χ0n) is 17.1. The van der Waals surface area contributed by atoms with Crippen LogP contribution in [0.2, 0.25) is 0 Å². The van der Waals surface area contributed by atoms with E-state index < -0.39 is 0 Å². The number of ether oxygens (including phenoxy) is 1. The van der Waals surface area contributed by atoms with Crippen LogP contribution in [0.3, 0.4) is 0 Å². The minimum Gasteiger partial charge on any atom is -0.493 e. The Balaban J connectivity index is 1.43. The maximum Gasteiger partial charge on any atom is 0.191 e. The van der Waals surface area contributed by atoms with Gasteiger partial charge in [0.15, 0.2) is 5.96 Å². The maximum absolute atomic E-state index is 6.00. The van der Waals surface area contributed by atoms with E-state index in [4.69, 9.17) is 4.74 Å². The highest BCUT2D eigenvalue weighted by Gasteiger charge is 2.22. The SMILES string of the molecule is CN=C(NCc1ccccc1OCC1CC1)NCC(C)N1CCN(C)CC1.